The number of carbonyl (C=O) groups is 1. The highest BCUT2D eigenvalue weighted by Crippen LogP contribution is 2.30. The molecular formula is C23H17Cl2N3OS. The highest BCUT2D eigenvalue weighted by Gasteiger charge is 2.16. The summed E-state index contributed by atoms with van der Waals surface area (Å²) >= 11 is 13.5. The van der Waals surface area contributed by atoms with Gasteiger partial charge in [0.2, 0.25) is 5.91 Å². The minimum Gasteiger partial charge on any atom is -0.325 e. The average molecular weight is 454 g/mol. The lowest BCUT2D eigenvalue weighted by Crippen LogP contribution is -2.14. The Hall–Kier alpha value is -2.73. The minimum absolute atomic E-state index is 0.121. The molecule has 0 saturated heterocycles. The Morgan fingerprint density at radius 1 is 0.933 bits per heavy atom. The number of aromatic nitrogens is 2. The van der Waals surface area contributed by atoms with Crippen molar-refractivity contribution in [1.29, 1.82) is 0 Å². The summed E-state index contributed by atoms with van der Waals surface area (Å²) in [6, 6.07) is 24.6. The van der Waals surface area contributed by atoms with Crippen molar-refractivity contribution in [2.75, 3.05) is 11.1 Å². The molecule has 0 atom stereocenters. The van der Waals surface area contributed by atoms with Crippen molar-refractivity contribution in [2.24, 2.45) is 0 Å². The van der Waals surface area contributed by atoms with Crippen molar-refractivity contribution in [3.63, 3.8) is 0 Å². The van der Waals surface area contributed by atoms with Gasteiger partial charge >= 0.3 is 0 Å². The van der Waals surface area contributed by atoms with Gasteiger partial charge in [-0.05, 0) is 42.5 Å². The standard InChI is InChI=1S/C23H17Cl2N3OS/c24-17-9-11-19(12-10-17)27-22(29)15-30-23-26-14-21(16-5-2-1-3-6-16)28(23)20-8-4-7-18(25)13-20/h1-14H,15H2,(H,27,29). The van der Waals surface area contributed by atoms with Gasteiger partial charge in [-0.15, -0.1) is 0 Å². The first-order valence-corrected chi connectivity index (χ1v) is 10.9. The number of thioether (sulfide) groups is 1. The number of hydrogen-bond acceptors (Lipinski definition) is 3. The fourth-order valence-corrected chi connectivity index (χ4v) is 4.08. The van der Waals surface area contributed by atoms with E-state index in [9.17, 15) is 4.79 Å². The van der Waals surface area contributed by atoms with Crippen LogP contribution in [0.4, 0.5) is 5.69 Å². The maximum atomic E-state index is 12.4. The molecule has 4 aromatic rings. The van der Waals surface area contributed by atoms with Crippen LogP contribution in [0, 0.1) is 0 Å². The van der Waals surface area contributed by atoms with E-state index in [1.165, 1.54) is 11.8 Å². The molecule has 0 aliphatic rings. The summed E-state index contributed by atoms with van der Waals surface area (Å²) in [6.45, 7) is 0. The lowest BCUT2D eigenvalue weighted by atomic mass is 10.1. The number of carbonyl (C=O) groups excluding carboxylic acids is 1. The number of rotatable bonds is 6. The van der Waals surface area contributed by atoms with E-state index in [2.05, 4.69) is 10.3 Å². The molecule has 0 radical (unpaired) electrons. The fraction of sp³-hybridized carbons (Fsp3) is 0.0435. The molecule has 4 rings (SSSR count). The van der Waals surface area contributed by atoms with Crippen molar-refractivity contribution in [1.82, 2.24) is 9.55 Å². The van der Waals surface area contributed by atoms with Crippen LogP contribution in [-0.4, -0.2) is 21.2 Å². The minimum atomic E-state index is -0.121. The van der Waals surface area contributed by atoms with Crippen LogP contribution in [0.2, 0.25) is 10.0 Å². The van der Waals surface area contributed by atoms with Crippen molar-refractivity contribution >= 4 is 46.6 Å². The molecule has 3 aromatic carbocycles. The summed E-state index contributed by atoms with van der Waals surface area (Å²) in [5.41, 5.74) is 3.55. The first kappa shape index (κ1) is 20.5. The second-order valence-corrected chi connectivity index (χ2v) is 8.27. The van der Waals surface area contributed by atoms with Gasteiger partial charge < -0.3 is 5.32 Å². The molecule has 0 aliphatic carbocycles. The van der Waals surface area contributed by atoms with Crippen molar-refractivity contribution in [3.05, 3.63) is 95.1 Å². The average Bonchev–Trinajstić information content (AvgIpc) is 3.19. The first-order valence-electron chi connectivity index (χ1n) is 9.17. The summed E-state index contributed by atoms with van der Waals surface area (Å²) in [7, 11) is 0. The highest BCUT2D eigenvalue weighted by atomic mass is 35.5. The number of nitrogens with one attached hydrogen (secondary N) is 1. The number of benzene rings is 3. The molecular weight excluding hydrogens is 437 g/mol. The smallest absolute Gasteiger partial charge is 0.234 e. The van der Waals surface area contributed by atoms with Gasteiger partial charge in [0.15, 0.2) is 5.16 Å². The van der Waals surface area contributed by atoms with Gasteiger partial charge in [-0.3, -0.25) is 9.36 Å². The number of nitrogens with zero attached hydrogens (tertiary/aromatic N) is 2. The molecule has 30 heavy (non-hydrogen) atoms. The van der Waals surface area contributed by atoms with Crippen LogP contribution in [0.15, 0.2) is 90.2 Å². The lowest BCUT2D eigenvalue weighted by Gasteiger charge is -2.12. The topological polar surface area (TPSA) is 46.9 Å². The number of halogens is 2. The SMILES string of the molecule is O=C(CSc1ncc(-c2ccccc2)n1-c1cccc(Cl)c1)Nc1ccc(Cl)cc1. The van der Waals surface area contributed by atoms with E-state index in [1.54, 1.807) is 24.3 Å². The Morgan fingerprint density at radius 2 is 1.70 bits per heavy atom. The summed E-state index contributed by atoms with van der Waals surface area (Å²) in [6.07, 6.45) is 1.82. The van der Waals surface area contributed by atoms with Crippen LogP contribution in [0.5, 0.6) is 0 Å². The largest absolute Gasteiger partial charge is 0.325 e. The third-order valence-corrected chi connectivity index (χ3v) is 5.77. The van der Waals surface area contributed by atoms with E-state index in [1.807, 2.05) is 65.4 Å². The highest BCUT2D eigenvalue weighted by molar-refractivity contribution is 7.99. The number of imidazole rings is 1. The van der Waals surface area contributed by atoms with E-state index >= 15 is 0 Å². The number of hydrogen-bond donors (Lipinski definition) is 1. The van der Waals surface area contributed by atoms with Gasteiger partial charge in [-0.2, -0.15) is 0 Å². The summed E-state index contributed by atoms with van der Waals surface area (Å²) < 4.78 is 2.02. The monoisotopic (exact) mass is 453 g/mol. The Labute approximate surface area is 188 Å². The summed E-state index contributed by atoms with van der Waals surface area (Å²) in [5, 5.41) is 4.84. The molecule has 7 heteroatoms. The zero-order chi connectivity index (χ0) is 20.9. The third-order valence-electron chi connectivity index (χ3n) is 4.33. The van der Waals surface area contributed by atoms with E-state index in [0.29, 0.717) is 20.9 Å². The van der Waals surface area contributed by atoms with Gasteiger partial charge in [0.05, 0.1) is 17.6 Å². The Kier molecular flexibility index (Phi) is 6.43. The third kappa shape index (κ3) is 4.87. The second kappa shape index (κ2) is 9.39. The van der Waals surface area contributed by atoms with E-state index in [0.717, 1.165) is 16.9 Å². The van der Waals surface area contributed by atoms with Gasteiger partial charge in [-0.1, -0.05) is 71.4 Å². The summed E-state index contributed by atoms with van der Waals surface area (Å²) in [4.78, 5) is 17.0. The number of anilines is 1. The van der Waals surface area contributed by atoms with Crippen LogP contribution in [0.3, 0.4) is 0 Å². The molecule has 0 unspecified atom stereocenters. The molecule has 1 aromatic heterocycles. The molecule has 0 fully saturated rings. The Morgan fingerprint density at radius 3 is 2.43 bits per heavy atom. The Bertz CT molecular complexity index is 1160. The molecule has 0 spiro atoms. The van der Waals surface area contributed by atoms with Gasteiger partial charge in [0, 0.05) is 27.0 Å². The number of amides is 1. The van der Waals surface area contributed by atoms with Crippen LogP contribution < -0.4 is 5.32 Å². The first-order chi connectivity index (χ1) is 14.6. The Balaban J connectivity index is 1.59. The maximum absolute atomic E-state index is 12.4. The quantitative estimate of drug-likeness (QED) is 0.335. The second-order valence-electron chi connectivity index (χ2n) is 6.45. The molecule has 4 nitrogen and oxygen atoms in total. The zero-order valence-corrected chi connectivity index (χ0v) is 18.1. The van der Waals surface area contributed by atoms with Crippen LogP contribution in [0.25, 0.3) is 16.9 Å². The van der Waals surface area contributed by atoms with Crippen molar-refractivity contribution in [2.45, 2.75) is 5.16 Å². The molecule has 0 saturated carbocycles. The molecule has 0 aliphatic heterocycles. The predicted molar refractivity (Wildman–Crippen MR) is 125 cm³/mol. The summed E-state index contributed by atoms with van der Waals surface area (Å²) in [5.74, 6) is 0.0956. The van der Waals surface area contributed by atoms with Crippen LogP contribution in [0.1, 0.15) is 0 Å². The van der Waals surface area contributed by atoms with Crippen molar-refractivity contribution < 1.29 is 4.79 Å². The van der Waals surface area contributed by atoms with Crippen LogP contribution >= 0.6 is 35.0 Å². The van der Waals surface area contributed by atoms with E-state index in [4.69, 9.17) is 23.2 Å². The van der Waals surface area contributed by atoms with E-state index < -0.39 is 0 Å². The predicted octanol–water partition coefficient (Wildman–Crippen LogP) is 6.58. The zero-order valence-electron chi connectivity index (χ0n) is 15.8. The molecule has 0 bridgehead atoms. The van der Waals surface area contributed by atoms with E-state index in [-0.39, 0.29) is 11.7 Å². The molecule has 1 amide bonds. The molecule has 1 N–H and O–H groups in total. The van der Waals surface area contributed by atoms with Gasteiger partial charge in [0.25, 0.3) is 0 Å². The normalized spacial score (nSPS) is 10.7. The molecule has 150 valence electrons. The fourth-order valence-electron chi connectivity index (χ4n) is 2.97. The molecule has 1 heterocycles. The maximum Gasteiger partial charge on any atom is 0.234 e. The van der Waals surface area contributed by atoms with Gasteiger partial charge in [0.1, 0.15) is 0 Å². The van der Waals surface area contributed by atoms with Crippen LogP contribution in [-0.2, 0) is 4.79 Å². The van der Waals surface area contributed by atoms with Gasteiger partial charge in [-0.25, -0.2) is 4.98 Å². The lowest BCUT2D eigenvalue weighted by molar-refractivity contribution is -0.113. The van der Waals surface area contributed by atoms with Crippen molar-refractivity contribution in [3.8, 4) is 16.9 Å².